The Labute approximate surface area is 134 Å². The summed E-state index contributed by atoms with van der Waals surface area (Å²) in [5.41, 5.74) is 1.99. The molecule has 1 aliphatic heterocycles. The number of carbonyl (C=O) groups is 2. The average Bonchev–Trinajstić information content (AvgIpc) is 2.85. The summed E-state index contributed by atoms with van der Waals surface area (Å²) in [7, 11) is 0. The van der Waals surface area contributed by atoms with Crippen LogP contribution >= 0.6 is 23.5 Å². The molecule has 2 heterocycles. The van der Waals surface area contributed by atoms with Gasteiger partial charge in [-0.05, 0) is 35.5 Å². The fourth-order valence-corrected chi connectivity index (χ4v) is 3.46. The summed E-state index contributed by atoms with van der Waals surface area (Å²) in [4.78, 5) is 31.0. The molecule has 0 aliphatic carbocycles. The Morgan fingerprint density at radius 1 is 1.36 bits per heavy atom. The van der Waals surface area contributed by atoms with Crippen LogP contribution in [0.1, 0.15) is 5.56 Å². The minimum atomic E-state index is -0.933. The minimum Gasteiger partial charge on any atom is -0.481 e. The van der Waals surface area contributed by atoms with Crippen molar-refractivity contribution in [2.24, 2.45) is 4.99 Å². The first-order valence-electron chi connectivity index (χ1n) is 6.34. The van der Waals surface area contributed by atoms with E-state index in [1.807, 2.05) is 30.3 Å². The van der Waals surface area contributed by atoms with Crippen molar-refractivity contribution in [2.75, 3.05) is 5.75 Å². The number of carboxylic acids is 1. The molecule has 0 spiro atoms. The molecule has 1 aromatic carbocycles. The van der Waals surface area contributed by atoms with Gasteiger partial charge in [-0.15, -0.1) is 0 Å². The highest BCUT2D eigenvalue weighted by Crippen LogP contribution is 2.31. The smallest absolute Gasteiger partial charge is 0.313 e. The molecule has 3 rings (SSSR count). The molecule has 0 saturated carbocycles. The molecule has 110 valence electrons. The van der Waals surface area contributed by atoms with Crippen molar-refractivity contribution < 1.29 is 14.7 Å². The molecule has 1 aromatic heterocycles. The van der Waals surface area contributed by atoms with Crippen molar-refractivity contribution in [1.29, 1.82) is 0 Å². The van der Waals surface area contributed by atoms with E-state index in [1.54, 1.807) is 12.3 Å². The van der Waals surface area contributed by atoms with E-state index < -0.39 is 5.97 Å². The third-order valence-corrected chi connectivity index (χ3v) is 4.83. The number of rotatable bonds is 3. The van der Waals surface area contributed by atoms with Crippen LogP contribution in [-0.4, -0.2) is 31.3 Å². The van der Waals surface area contributed by atoms with Gasteiger partial charge in [0, 0.05) is 11.6 Å². The first kappa shape index (κ1) is 14.8. The Balaban J connectivity index is 1.86. The Morgan fingerprint density at radius 3 is 3.00 bits per heavy atom. The largest absolute Gasteiger partial charge is 0.481 e. The molecular weight excluding hydrogens is 320 g/mol. The SMILES string of the molecule is O=C(O)CSC1=NC(=Cc2cnc3ccccc3c2)C(=O)S1. The number of aliphatic carboxylic acids is 1. The molecule has 0 unspecified atom stereocenters. The number of aromatic nitrogens is 1. The second-order valence-corrected chi connectivity index (χ2v) is 6.62. The van der Waals surface area contributed by atoms with E-state index >= 15 is 0 Å². The van der Waals surface area contributed by atoms with E-state index in [4.69, 9.17) is 5.11 Å². The van der Waals surface area contributed by atoms with Gasteiger partial charge in [-0.1, -0.05) is 30.0 Å². The number of para-hydroxylation sites is 1. The number of pyridine rings is 1. The average molecular weight is 330 g/mol. The lowest BCUT2D eigenvalue weighted by atomic mass is 10.1. The van der Waals surface area contributed by atoms with Crippen molar-refractivity contribution in [3.05, 3.63) is 47.8 Å². The third-order valence-electron chi connectivity index (χ3n) is 2.84. The summed E-state index contributed by atoms with van der Waals surface area (Å²) < 4.78 is 0.465. The van der Waals surface area contributed by atoms with Crippen molar-refractivity contribution in [1.82, 2.24) is 4.98 Å². The Bertz CT molecular complexity index is 830. The number of hydrogen-bond donors (Lipinski definition) is 1. The quantitative estimate of drug-likeness (QED) is 0.872. The normalized spacial score (nSPS) is 16.3. The monoisotopic (exact) mass is 330 g/mol. The highest BCUT2D eigenvalue weighted by Gasteiger charge is 2.23. The molecule has 0 radical (unpaired) electrons. The molecule has 2 aromatic rings. The second-order valence-electron chi connectivity index (χ2n) is 4.44. The van der Waals surface area contributed by atoms with Gasteiger partial charge in [0.05, 0.1) is 11.3 Å². The van der Waals surface area contributed by atoms with E-state index in [-0.39, 0.29) is 10.9 Å². The molecule has 1 aliphatic rings. The number of benzene rings is 1. The molecule has 0 atom stereocenters. The predicted octanol–water partition coefficient (Wildman–Crippen LogP) is 3.02. The van der Waals surface area contributed by atoms with Crippen molar-refractivity contribution in [2.45, 2.75) is 0 Å². The standard InChI is InChI=1S/C15H10N2O3S2/c18-13(19)8-21-15-17-12(14(20)22-15)6-9-5-10-3-1-2-4-11(10)16-7-9/h1-7H,8H2,(H,18,19). The van der Waals surface area contributed by atoms with Crippen LogP contribution in [0, 0.1) is 0 Å². The molecule has 22 heavy (non-hydrogen) atoms. The summed E-state index contributed by atoms with van der Waals surface area (Å²) in [6.45, 7) is 0. The number of nitrogens with zero attached hydrogens (tertiary/aromatic N) is 2. The van der Waals surface area contributed by atoms with Gasteiger partial charge in [-0.2, -0.15) is 0 Å². The van der Waals surface area contributed by atoms with E-state index in [2.05, 4.69) is 9.98 Å². The van der Waals surface area contributed by atoms with Gasteiger partial charge in [0.1, 0.15) is 10.1 Å². The Morgan fingerprint density at radius 2 is 2.18 bits per heavy atom. The lowest BCUT2D eigenvalue weighted by molar-refractivity contribution is -0.133. The second kappa shape index (κ2) is 6.33. The maximum atomic E-state index is 11.9. The van der Waals surface area contributed by atoms with Crippen LogP contribution in [0.5, 0.6) is 0 Å². The highest BCUT2D eigenvalue weighted by molar-refractivity contribution is 8.45. The van der Waals surface area contributed by atoms with Crippen LogP contribution in [-0.2, 0) is 9.59 Å². The number of carboxylic acid groups (broad SMARTS) is 1. The molecule has 1 N–H and O–H groups in total. The van der Waals surface area contributed by atoms with Crippen LogP contribution in [0.3, 0.4) is 0 Å². The van der Waals surface area contributed by atoms with Gasteiger partial charge in [0.2, 0.25) is 5.12 Å². The van der Waals surface area contributed by atoms with Gasteiger partial charge in [0.25, 0.3) is 0 Å². The number of fused-ring (bicyclic) bond motifs is 1. The van der Waals surface area contributed by atoms with Crippen molar-refractivity contribution in [3.8, 4) is 0 Å². The molecule has 5 nitrogen and oxygen atoms in total. The summed E-state index contributed by atoms with van der Waals surface area (Å²) in [5, 5.41) is 9.45. The maximum absolute atomic E-state index is 11.9. The first-order valence-corrected chi connectivity index (χ1v) is 8.14. The zero-order chi connectivity index (χ0) is 15.5. The molecule has 0 bridgehead atoms. The van der Waals surface area contributed by atoms with Gasteiger partial charge >= 0.3 is 5.97 Å². The number of aliphatic imine (C=N–C) groups is 1. The number of carbonyl (C=O) groups excluding carboxylic acids is 1. The van der Waals surface area contributed by atoms with Gasteiger partial charge < -0.3 is 5.11 Å². The fraction of sp³-hybridized carbons (Fsp3) is 0.0667. The third kappa shape index (κ3) is 3.37. The van der Waals surface area contributed by atoms with E-state index in [0.717, 1.165) is 40.0 Å². The predicted molar refractivity (Wildman–Crippen MR) is 89.8 cm³/mol. The summed E-state index contributed by atoms with van der Waals surface area (Å²) in [6.07, 6.45) is 3.36. The zero-order valence-corrected chi connectivity index (χ0v) is 12.9. The fourth-order valence-electron chi connectivity index (χ4n) is 1.90. The van der Waals surface area contributed by atoms with Crippen LogP contribution in [0.25, 0.3) is 17.0 Å². The lowest BCUT2D eigenvalue weighted by Crippen LogP contribution is -1.99. The summed E-state index contributed by atoms with van der Waals surface area (Å²) >= 11 is 2.01. The van der Waals surface area contributed by atoms with Gasteiger partial charge in [-0.25, -0.2) is 4.99 Å². The lowest BCUT2D eigenvalue weighted by Gasteiger charge is -1.98. The molecular formula is C15H10N2O3S2. The summed E-state index contributed by atoms with van der Waals surface area (Å²) in [5.74, 6) is -1.04. The van der Waals surface area contributed by atoms with Crippen molar-refractivity contribution >= 4 is 56.0 Å². The van der Waals surface area contributed by atoms with Crippen LogP contribution in [0.4, 0.5) is 0 Å². The molecule has 0 amide bonds. The number of thioether (sulfide) groups is 2. The maximum Gasteiger partial charge on any atom is 0.313 e. The van der Waals surface area contributed by atoms with E-state index in [0.29, 0.717) is 10.1 Å². The first-order chi connectivity index (χ1) is 10.6. The molecule has 0 fully saturated rings. The number of hydrogen-bond acceptors (Lipinski definition) is 6. The van der Waals surface area contributed by atoms with Gasteiger partial charge in [0.15, 0.2) is 0 Å². The highest BCUT2D eigenvalue weighted by atomic mass is 32.2. The topological polar surface area (TPSA) is 79.6 Å². The van der Waals surface area contributed by atoms with Crippen LogP contribution in [0.2, 0.25) is 0 Å². The van der Waals surface area contributed by atoms with E-state index in [1.165, 1.54) is 0 Å². The van der Waals surface area contributed by atoms with Gasteiger partial charge in [-0.3, -0.25) is 14.6 Å². The summed E-state index contributed by atoms with van der Waals surface area (Å²) in [6, 6.07) is 9.65. The Kier molecular flexibility index (Phi) is 4.26. The van der Waals surface area contributed by atoms with Crippen LogP contribution < -0.4 is 0 Å². The van der Waals surface area contributed by atoms with Crippen LogP contribution in [0.15, 0.2) is 47.2 Å². The minimum absolute atomic E-state index is 0.107. The molecule has 0 saturated heterocycles. The molecule has 7 heteroatoms. The zero-order valence-electron chi connectivity index (χ0n) is 11.2. The van der Waals surface area contributed by atoms with Crippen molar-refractivity contribution in [3.63, 3.8) is 0 Å². The van der Waals surface area contributed by atoms with E-state index in [9.17, 15) is 9.59 Å². The Hall–Kier alpha value is -2.12.